The second kappa shape index (κ2) is 9.60. The van der Waals surface area contributed by atoms with Gasteiger partial charge in [-0.25, -0.2) is 9.40 Å². The Morgan fingerprint density at radius 2 is 1.77 bits per heavy atom. The highest BCUT2D eigenvalue weighted by molar-refractivity contribution is 6.03. The van der Waals surface area contributed by atoms with Crippen LogP contribution in [-0.2, 0) is 4.79 Å². The van der Waals surface area contributed by atoms with Crippen LogP contribution in [0.1, 0.15) is 50.3 Å². The fourth-order valence-electron chi connectivity index (χ4n) is 4.25. The average Bonchev–Trinajstić information content (AvgIpc) is 3.22. The summed E-state index contributed by atoms with van der Waals surface area (Å²) >= 11 is 0. The van der Waals surface area contributed by atoms with Gasteiger partial charge in [-0.2, -0.15) is 5.10 Å². The van der Waals surface area contributed by atoms with Crippen LogP contribution in [0.2, 0.25) is 0 Å². The molecule has 1 amide bonds. The number of hydrogen-bond donors (Lipinski definition) is 0. The van der Waals surface area contributed by atoms with Crippen molar-refractivity contribution in [3.05, 3.63) is 65.5 Å². The summed E-state index contributed by atoms with van der Waals surface area (Å²) in [5.74, 6) is 1.25. The first kappa shape index (κ1) is 21.5. The topological polar surface area (TPSA) is 45.1 Å². The van der Waals surface area contributed by atoms with Gasteiger partial charge in [0.15, 0.2) is 0 Å². The predicted octanol–water partition coefficient (Wildman–Crippen LogP) is 4.63. The van der Waals surface area contributed by atoms with Gasteiger partial charge in [-0.3, -0.25) is 9.69 Å². The number of hydrogen-bond acceptors (Lipinski definition) is 4. The quantitative estimate of drug-likeness (QED) is 0.680. The predicted molar refractivity (Wildman–Crippen MR) is 120 cm³/mol. The molecule has 2 aromatic rings. The van der Waals surface area contributed by atoms with Gasteiger partial charge in [-0.05, 0) is 74.2 Å². The zero-order valence-corrected chi connectivity index (χ0v) is 18.3. The van der Waals surface area contributed by atoms with Crippen LogP contribution >= 0.6 is 0 Å². The normalized spacial score (nSPS) is 20.0. The van der Waals surface area contributed by atoms with Crippen molar-refractivity contribution in [2.24, 2.45) is 11.0 Å². The van der Waals surface area contributed by atoms with Gasteiger partial charge in [0.1, 0.15) is 11.6 Å². The van der Waals surface area contributed by atoms with Crippen LogP contribution in [0.5, 0.6) is 5.75 Å². The first-order chi connectivity index (χ1) is 15.0. The van der Waals surface area contributed by atoms with Gasteiger partial charge in [-0.15, -0.1) is 0 Å². The highest BCUT2D eigenvalue weighted by atomic mass is 19.1. The lowest BCUT2D eigenvalue weighted by molar-refractivity contribution is -0.134. The molecule has 2 heterocycles. The SMILES string of the molecule is CCOc1ccc(C2CC(c3ccc(F)cc3)=NN2C(=O)CN2CCC(C)CC2)cc1. The maximum absolute atomic E-state index is 13.4. The standard InChI is InChI=1S/C25H30FN3O2/c1-3-31-22-10-6-20(7-11-22)24-16-23(19-4-8-21(26)9-5-19)27-29(24)25(30)17-28-14-12-18(2)13-15-28/h4-11,18,24H,3,12-17H2,1-2H3. The van der Waals surface area contributed by atoms with Gasteiger partial charge >= 0.3 is 0 Å². The van der Waals surface area contributed by atoms with Crippen molar-refractivity contribution >= 4 is 11.6 Å². The Morgan fingerprint density at radius 3 is 2.42 bits per heavy atom. The molecular weight excluding hydrogens is 393 g/mol. The minimum Gasteiger partial charge on any atom is -0.494 e. The molecular formula is C25H30FN3O2. The van der Waals surface area contributed by atoms with Crippen LogP contribution in [0.3, 0.4) is 0 Å². The number of halogens is 1. The average molecular weight is 424 g/mol. The zero-order valence-electron chi connectivity index (χ0n) is 18.3. The van der Waals surface area contributed by atoms with Crippen molar-refractivity contribution < 1.29 is 13.9 Å². The van der Waals surface area contributed by atoms with Crippen LogP contribution in [0.15, 0.2) is 53.6 Å². The third-order valence-corrected chi connectivity index (χ3v) is 6.15. The van der Waals surface area contributed by atoms with Crippen LogP contribution in [0.25, 0.3) is 0 Å². The molecule has 1 unspecified atom stereocenters. The molecule has 6 heteroatoms. The molecule has 31 heavy (non-hydrogen) atoms. The zero-order chi connectivity index (χ0) is 21.8. The molecule has 164 valence electrons. The highest BCUT2D eigenvalue weighted by Gasteiger charge is 2.34. The van der Waals surface area contributed by atoms with Gasteiger partial charge in [0.05, 0.1) is 24.9 Å². The molecule has 0 saturated carbocycles. The van der Waals surface area contributed by atoms with Crippen LogP contribution in [0, 0.1) is 11.7 Å². The lowest BCUT2D eigenvalue weighted by Crippen LogP contribution is -2.41. The molecule has 4 rings (SSSR count). The van der Waals surface area contributed by atoms with Gasteiger partial charge in [-0.1, -0.05) is 31.2 Å². The molecule has 2 aliphatic rings. The van der Waals surface area contributed by atoms with E-state index in [1.807, 2.05) is 31.2 Å². The molecule has 2 aromatic carbocycles. The van der Waals surface area contributed by atoms with E-state index in [9.17, 15) is 9.18 Å². The monoisotopic (exact) mass is 423 g/mol. The summed E-state index contributed by atoms with van der Waals surface area (Å²) in [5.41, 5.74) is 2.67. The molecule has 0 radical (unpaired) electrons. The molecule has 5 nitrogen and oxygen atoms in total. The summed E-state index contributed by atoms with van der Waals surface area (Å²) in [6.07, 6.45) is 2.85. The Bertz CT molecular complexity index is 919. The molecule has 1 saturated heterocycles. The van der Waals surface area contributed by atoms with Crippen molar-refractivity contribution in [3.8, 4) is 5.75 Å². The van der Waals surface area contributed by atoms with Crippen molar-refractivity contribution in [3.63, 3.8) is 0 Å². The fraction of sp³-hybridized carbons (Fsp3) is 0.440. The third kappa shape index (κ3) is 5.13. The van der Waals surface area contributed by atoms with Crippen LogP contribution < -0.4 is 4.74 Å². The third-order valence-electron chi connectivity index (χ3n) is 6.15. The molecule has 1 atom stereocenters. The highest BCUT2D eigenvalue weighted by Crippen LogP contribution is 2.34. The summed E-state index contributed by atoms with van der Waals surface area (Å²) in [6, 6.07) is 14.0. The van der Waals surface area contributed by atoms with E-state index in [2.05, 4.69) is 11.8 Å². The maximum atomic E-state index is 13.4. The van der Waals surface area contributed by atoms with Gasteiger partial charge < -0.3 is 4.74 Å². The minimum absolute atomic E-state index is 0.00514. The van der Waals surface area contributed by atoms with E-state index in [1.165, 1.54) is 12.1 Å². The van der Waals surface area contributed by atoms with E-state index in [-0.39, 0.29) is 17.8 Å². The largest absolute Gasteiger partial charge is 0.494 e. The van der Waals surface area contributed by atoms with E-state index in [0.29, 0.717) is 19.6 Å². The Balaban J connectivity index is 1.56. The summed E-state index contributed by atoms with van der Waals surface area (Å²) in [4.78, 5) is 15.5. The number of carbonyl (C=O) groups is 1. The smallest absolute Gasteiger partial charge is 0.257 e. The minimum atomic E-state index is -0.280. The van der Waals surface area contributed by atoms with Crippen molar-refractivity contribution in [1.82, 2.24) is 9.91 Å². The summed E-state index contributed by atoms with van der Waals surface area (Å²) in [6.45, 7) is 7.10. The lowest BCUT2D eigenvalue weighted by Gasteiger charge is -2.31. The fourth-order valence-corrected chi connectivity index (χ4v) is 4.25. The molecule has 1 fully saturated rings. The Hall–Kier alpha value is -2.73. The van der Waals surface area contributed by atoms with E-state index in [4.69, 9.17) is 9.84 Å². The maximum Gasteiger partial charge on any atom is 0.257 e. The molecule has 0 aliphatic carbocycles. The van der Waals surface area contributed by atoms with Crippen LogP contribution in [0.4, 0.5) is 4.39 Å². The van der Waals surface area contributed by atoms with Gasteiger partial charge in [0.2, 0.25) is 0 Å². The number of carbonyl (C=O) groups excluding carboxylic acids is 1. The van der Waals surface area contributed by atoms with Crippen molar-refractivity contribution in [1.29, 1.82) is 0 Å². The van der Waals surface area contributed by atoms with E-state index in [0.717, 1.165) is 54.4 Å². The Kier molecular flexibility index (Phi) is 6.66. The summed E-state index contributed by atoms with van der Waals surface area (Å²) < 4.78 is 18.9. The Labute approximate surface area is 183 Å². The van der Waals surface area contributed by atoms with Crippen molar-refractivity contribution in [2.45, 2.75) is 39.2 Å². The second-order valence-corrected chi connectivity index (χ2v) is 8.47. The molecule has 0 N–H and O–H groups in total. The number of likely N-dealkylation sites (tertiary alicyclic amines) is 1. The number of rotatable bonds is 6. The molecule has 0 spiro atoms. The number of benzene rings is 2. The van der Waals surface area contributed by atoms with Gasteiger partial charge in [0, 0.05) is 6.42 Å². The van der Waals surface area contributed by atoms with E-state index >= 15 is 0 Å². The number of piperidine rings is 1. The van der Waals surface area contributed by atoms with Crippen LogP contribution in [-0.4, -0.2) is 47.8 Å². The molecule has 0 bridgehead atoms. The lowest BCUT2D eigenvalue weighted by atomic mass is 9.98. The molecule has 2 aliphatic heterocycles. The summed E-state index contributed by atoms with van der Waals surface area (Å²) in [5, 5.41) is 6.34. The van der Waals surface area contributed by atoms with Crippen molar-refractivity contribution in [2.75, 3.05) is 26.2 Å². The second-order valence-electron chi connectivity index (χ2n) is 8.47. The first-order valence-electron chi connectivity index (χ1n) is 11.1. The first-order valence-corrected chi connectivity index (χ1v) is 11.1. The molecule has 0 aromatic heterocycles. The van der Waals surface area contributed by atoms with E-state index < -0.39 is 0 Å². The number of amides is 1. The Morgan fingerprint density at radius 1 is 1.10 bits per heavy atom. The summed E-state index contributed by atoms with van der Waals surface area (Å²) in [7, 11) is 0. The van der Waals surface area contributed by atoms with E-state index in [1.54, 1.807) is 17.1 Å². The van der Waals surface area contributed by atoms with Gasteiger partial charge in [0.25, 0.3) is 5.91 Å². The number of nitrogens with zero attached hydrogens (tertiary/aromatic N) is 3. The number of ether oxygens (including phenoxy) is 1. The number of hydrazone groups is 1.